The number of benzene rings is 2. The number of hydrogen-bond acceptors (Lipinski definition) is 3. The number of nitrogens with one attached hydrogen (secondary N) is 1. The van der Waals surface area contributed by atoms with E-state index in [-0.39, 0.29) is 12.1 Å². The Hall–Kier alpha value is -2.86. The molecule has 1 saturated carbocycles. The van der Waals surface area contributed by atoms with Gasteiger partial charge < -0.3 is 20.1 Å². The van der Waals surface area contributed by atoms with Crippen LogP contribution in [0.3, 0.4) is 0 Å². The van der Waals surface area contributed by atoms with E-state index in [1.807, 2.05) is 39.5 Å². The number of amides is 2. The maximum atomic E-state index is 13.2. The second-order valence-electron chi connectivity index (χ2n) is 11.8. The van der Waals surface area contributed by atoms with E-state index in [4.69, 9.17) is 4.74 Å². The fraction of sp³-hybridized carbons (Fsp3) is 0.548. The normalized spacial score (nSPS) is 17.3. The van der Waals surface area contributed by atoms with Gasteiger partial charge in [0.25, 0.3) is 0 Å². The third-order valence-electron chi connectivity index (χ3n) is 7.82. The van der Waals surface area contributed by atoms with Gasteiger partial charge in [-0.15, -0.1) is 0 Å². The zero-order chi connectivity index (χ0) is 26.9. The van der Waals surface area contributed by atoms with Crippen LogP contribution in [0.4, 0.5) is 4.79 Å². The van der Waals surface area contributed by atoms with Gasteiger partial charge in [-0.2, -0.15) is 0 Å². The van der Waals surface area contributed by atoms with Crippen LogP contribution >= 0.6 is 0 Å². The summed E-state index contributed by atoms with van der Waals surface area (Å²) in [5.74, 6) is -0.991. The summed E-state index contributed by atoms with van der Waals surface area (Å²) in [5.41, 5.74) is 7.37. The minimum Gasteiger partial charge on any atom is -0.479 e. The Balaban J connectivity index is 1.79. The summed E-state index contributed by atoms with van der Waals surface area (Å²) in [4.78, 5) is 27.7. The Kier molecular flexibility index (Phi) is 7.98. The summed E-state index contributed by atoms with van der Waals surface area (Å²) in [6.45, 7) is 12.9. The Morgan fingerprint density at radius 2 is 1.65 bits per heavy atom. The summed E-state index contributed by atoms with van der Waals surface area (Å²) in [6.07, 6.45) is 5.32. The largest absolute Gasteiger partial charge is 0.479 e. The van der Waals surface area contributed by atoms with Crippen molar-refractivity contribution in [3.8, 4) is 11.1 Å². The number of fused-ring (bicyclic) bond motifs is 1. The summed E-state index contributed by atoms with van der Waals surface area (Å²) >= 11 is 0. The predicted molar refractivity (Wildman–Crippen MR) is 147 cm³/mol. The summed E-state index contributed by atoms with van der Waals surface area (Å²) in [5, 5.41) is 13.6. The van der Waals surface area contributed by atoms with E-state index >= 15 is 0 Å². The molecule has 4 rings (SSSR count). The third kappa shape index (κ3) is 6.01. The fourth-order valence-electron chi connectivity index (χ4n) is 5.92. The number of carbonyl (C=O) groups is 2. The first-order valence-electron chi connectivity index (χ1n) is 13.6. The molecule has 2 amide bonds. The average Bonchev–Trinajstić information content (AvgIpc) is 2.85. The molecule has 2 aliphatic rings. The molecule has 6 heteroatoms. The number of hydrogen-bond donors (Lipinski definition) is 2. The first kappa shape index (κ1) is 27.2. The molecule has 1 aliphatic heterocycles. The molecule has 1 heterocycles. The van der Waals surface area contributed by atoms with Gasteiger partial charge in [0.15, 0.2) is 6.10 Å². The predicted octanol–water partition coefficient (Wildman–Crippen LogP) is 6.62. The highest BCUT2D eigenvalue weighted by Gasteiger charge is 2.35. The number of carbonyl (C=O) groups excluding carboxylic acids is 1. The molecule has 0 bridgehead atoms. The zero-order valence-corrected chi connectivity index (χ0v) is 23.2. The standard InChI is InChI=1S/C31H42N2O4/c1-19-12-14-22(15-13-19)26-21(3)25-18-33(30(36)32-23-10-8-7-9-11-23)17-16-24(25)20(2)27(26)28(29(34)35)37-31(4,5)6/h12-15,23,28H,7-11,16-18H2,1-6H3,(H,32,36)(H,34,35). The van der Waals surface area contributed by atoms with E-state index in [0.29, 0.717) is 19.5 Å². The Bertz CT molecular complexity index is 1160. The van der Waals surface area contributed by atoms with Crippen LogP contribution in [0.5, 0.6) is 0 Å². The molecule has 0 spiro atoms. The van der Waals surface area contributed by atoms with Crippen LogP contribution in [-0.4, -0.2) is 40.2 Å². The first-order chi connectivity index (χ1) is 17.5. The molecule has 2 N–H and O–H groups in total. The maximum Gasteiger partial charge on any atom is 0.337 e. The van der Waals surface area contributed by atoms with Gasteiger partial charge in [0, 0.05) is 24.7 Å². The van der Waals surface area contributed by atoms with E-state index < -0.39 is 17.7 Å². The molecule has 2 aromatic carbocycles. The molecule has 37 heavy (non-hydrogen) atoms. The van der Waals surface area contributed by atoms with E-state index in [1.165, 1.54) is 19.3 Å². The quantitative estimate of drug-likeness (QED) is 0.478. The van der Waals surface area contributed by atoms with Crippen LogP contribution in [0.15, 0.2) is 24.3 Å². The smallest absolute Gasteiger partial charge is 0.337 e. The zero-order valence-electron chi connectivity index (χ0n) is 23.2. The molecule has 1 aliphatic carbocycles. The van der Waals surface area contributed by atoms with Gasteiger partial charge in [0.1, 0.15) is 0 Å². The van der Waals surface area contributed by atoms with Gasteiger partial charge >= 0.3 is 12.0 Å². The van der Waals surface area contributed by atoms with Crippen molar-refractivity contribution in [2.24, 2.45) is 0 Å². The van der Waals surface area contributed by atoms with Crippen LogP contribution in [0, 0.1) is 20.8 Å². The Labute approximate surface area is 221 Å². The summed E-state index contributed by atoms with van der Waals surface area (Å²) in [7, 11) is 0. The Morgan fingerprint density at radius 1 is 1.00 bits per heavy atom. The van der Waals surface area contributed by atoms with Crippen molar-refractivity contribution in [1.29, 1.82) is 0 Å². The minimum atomic E-state index is -1.09. The van der Waals surface area contributed by atoms with Gasteiger partial charge in [0.05, 0.1) is 5.60 Å². The van der Waals surface area contributed by atoms with Crippen molar-refractivity contribution in [2.45, 2.75) is 104 Å². The lowest BCUT2D eigenvalue weighted by Crippen LogP contribution is -2.47. The van der Waals surface area contributed by atoms with Crippen LogP contribution in [0.1, 0.15) is 92.4 Å². The van der Waals surface area contributed by atoms with Crippen molar-refractivity contribution in [2.75, 3.05) is 6.54 Å². The molecule has 200 valence electrons. The highest BCUT2D eigenvalue weighted by Crippen LogP contribution is 2.42. The monoisotopic (exact) mass is 506 g/mol. The fourth-order valence-corrected chi connectivity index (χ4v) is 5.92. The van der Waals surface area contributed by atoms with Gasteiger partial charge in [0.2, 0.25) is 0 Å². The number of nitrogens with zero attached hydrogens (tertiary/aromatic N) is 1. The van der Waals surface area contributed by atoms with E-state index in [2.05, 4.69) is 36.5 Å². The number of carboxylic acids is 1. The molecular weight excluding hydrogens is 464 g/mol. The summed E-state index contributed by atoms with van der Waals surface area (Å²) < 4.78 is 6.17. The number of carboxylic acid groups (broad SMARTS) is 1. The first-order valence-corrected chi connectivity index (χ1v) is 13.6. The second-order valence-corrected chi connectivity index (χ2v) is 11.8. The molecule has 0 radical (unpaired) electrons. The molecule has 1 atom stereocenters. The van der Waals surface area contributed by atoms with Crippen LogP contribution < -0.4 is 5.32 Å². The van der Waals surface area contributed by atoms with E-state index in [9.17, 15) is 14.7 Å². The molecule has 2 aromatic rings. The lowest BCUT2D eigenvalue weighted by Gasteiger charge is -2.36. The lowest BCUT2D eigenvalue weighted by atomic mass is 9.80. The molecule has 0 saturated heterocycles. The van der Waals surface area contributed by atoms with Crippen molar-refractivity contribution < 1.29 is 19.4 Å². The SMILES string of the molecule is Cc1ccc(-c2c(C)c3c(c(C)c2C(OC(C)(C)C)C(=O)O)CCN(C(=O)NC2CCCCC2)C3)cc1. The van der Waals surface area contributed by atoms with Crippen LogP contribution in [0.2, 0.25) is 0 Å². The maximum absolute atomic E-state index is 13.2. The molecule has 0 aromatic heterocycles. The van der Waals surface area contributed by atoms with Crippen molar-refractivity contribution >= 4 is 12.0 Å². The summed E-state index contributed by atoms with van der Waals surface area (Å²) in [6, 6.07) is 8.49. The van der Waals surface area contributed by atoms with Crippen LogP contribution in [0.25, 0.3) is 11.1 Å². The lowest BCUT2D eigenvalue weighted by molar-refractivity contribution is -0.160. The number of aryl methyl sites for hydroxylation is 1. The number of urea groups is 1. The molecule has 6 nitrogen and oxygen atoms in total. The van der Waals surface area contributed by atoms with E-state index in [1.54, 1.807) is 0 Å². The highest BCUT2D eigenvalue weighted by molar-refractivity contribution is 5.84. The van der Waals surface area contributed by atoms with Gasteiger partial charge in [-0.25, -0.2) is 9.59 Å². The van der Waals surface area contributed by atoms with Crippen molar-refractivity contribution in [3.63, 3.8) is 0 Å². The van der Waals surface area contributed by atoms with Gasteiger partial charge in [-0.1, -0.05) is 49.1 Å². The van der Waals surface area contributed by atoms with Crippen molar-refractivity contribution in [3.05, 3.63) is 57.6 Å². The number of aliphatic carboxylic acids is 1. The van der Waals surface area contributed by atoms with Gasteiger partial charge in [-0.05, 0) is 94.2 Å². The van der Waals surface area contributed by atoms with Crippen molar-refractivity contribution in [1.82, 2.24) is 10.2 Å². The molecule has 1 unspecified atom stereocenters. The highest BCUT2D eigenvalue weighted by atomic mass is 16.5. The molecule has 1 fully saturated rings. The topological polar surface area (TPSA) is 78.9 Å². The van der Waals surface area contributed by atoms with Crippen LogP contribution in [-0.2, 0) is 22.5 Å². The number of rotatable bonds is 5. The number of ether oxygens (including phenoxy) is 1. The molecular formula is C31H42N2O4. The minimum absolute atomic E-state index is 0.00930. The third-order valence-corrected chi connectivity index (χ3v) is 7.82. The average molecular weight is 507 g/mol. The second kappa shape index (κ2) is 10.9. The Morgan fingerprint density at radius 3 is 2.24 bits per heavy atom. The van der Waals surface area contributed by atoms with Gasteiger partial charge in [-0.3, -0.25) is 0 Å². The van der Waals surface area contributed by atoms with E-state index in [0.717, 1.165) is 57.3 Å².